The van der Waals surface area contributed by atoms with E-state index < -0.39 is 0 Å². The van der Waals surface area contributed by atoms with Crippen molar-refractivity contribution < 1.29 is 9.53 Å². The van der Waals surface area contributed by atoms with Crippen molar-refractivity contribution in [3.63, 3.8) is 0 Å². The van der Waals surface area contributed by atoms with Gasteiger partial charge >= 0.3 is 0 Å². The molecule has 0 aliphatic rings. The van der Waals surface area contributed by atoms with Gasteiger partial charge in [0, 0.05) is 6.92 Å². The highest BCUT2D eigenvalue weighted by molar-refractivity contribution is 7.12. The van der Waals surface area contributed by atoms with Crippen LogP contribution in [-0.4, -0.2) is 12.4 Å². The molecule has 1 aromatic heterocycles. The summed E-state index contributed by atoms with van der Waals surface area (Å²) in [7, 11) is 0. The summed E-state index contributed by atoms with van der Waals surface area (Å²) in [6.07, 6.45) is 0. The van der Waals surface area contributed by atoms with E-state index in [9.17, 15) is 4.79 Å². The van der Waals surface area contributed by atoms with Gasteiger partial charge in [-0.2, -0.15) is 5.26 Å². The van der Waals surface area contributed by atoms with Crippen molar-refractivity contribution in [2.75, 3.05) is 6.61 Å². The lowest BCUT2D eigenvalue weighted by Gasteiger charge is -1.98. The van der Waals surface area contributed by atoms with E-state index in [-0.39, 0.29) is 12.4 Å². The van der Waals surface area contributed by atoms with Crippen molar-refractivity contribution in [1.29, 1.82) is 5.26 Å². The largest absolute Gasteiger partial charge is 0.477 e. The minimum absolute atomic E-state index is 0.0169. The number of hydrogen-bond acceptors (Lipinski definition) is 4. The molecule has 0 atom stereocenters. The van der Waals surface area contributed by atoms with Crippen LogP contribution >= 0.6 is 11.3 Å². The van der Waals surface area contributed by atoms with Gasteiger partial charge < -0.3 is 4.74 Å². The van der Waals surface area contributed by atoms with Crippen LogP contribution in [0.25, 0.3) is 0 Å². The zero-order valence-corrected chi connectivity index (χ0v) is 7.35. The summed E-state index contributed by atoms with van der Waals surface area (Å²) in [5.41, 5.74) is 0. The fourth-order valence-electron chi connectivity index (χ4n) is 0.778. The zero-order valence-electron chi connectivity index (χ0n) is 6.53. The Morgan fingerprint density at radius 2 is 2.58 bits per heavy atom. The fourth-order valence-corrected chi connectivity index (χ4v) is 1.51. The van der Waals surface area contributed by atoms with E-state index in [1.807, 2.05) is 6.07 Å². The molecule has 4 heteroatoms. The molecule has 0 bridgehead atoms. The monoisotopic (exact) mass is 181 g/mol. The Balaban J connectivity index is 2.79. The first kappa shape index (κ1) is 8.75. The summed E-state index contributed by atoms with van der Waals surface area (Å²) in [5, 5.41) is 10.0. The first-order valence-electron chi connectivity index (χ1n) is 3.34. The standard InChI is InChI=1S/C8H7NO2S/c1-6(10)8-7(2-5-12-8)11-4-3-9/h2,5H,4H2,1H3. The van der Waals surface area contributed by atoms with Crippen LogP contribution in [-0.2, 0) is 0 Å². The smallest absolute Gasteiger partial charge is 0.174 e. The lowest BCUT2D eigenvalue weighted by molar-refractivity contribution is 0.101. The zero-order chi connectivity index (χ0) is 8.97. The molecule has 0 unspecified atom stereocenters. The quantitative estimate of drug-likeness (QED) is 0.668. The second-order valence-electron chi connectivity index (χ2n) is 2.12. The summed E-state index contributed by atoms with van der Waals surface area (Å²) in [4.78, 5) is 11.5. The van der Waals surface area contributed by atoms with Crippen molar-refractivity contribution in [3.05, 3.63) is 16.3 Å². The number of rotatable bonds is 3. The van der Waals surface area contributed by atoms with E-state index in [0.29, 0.717) is 10.6 Å². The number of thiophene rings is 1. The second-order valence-corrected chi connectivity index (χ2v) is 3.03. The van der Waals surface area contributed by atoms with E-state index in [4.69, 9.17) is 10.00 Å². The molecular weight excluding hydrogens is 174 g/mol. The number of nitrogens with zero attached hydrogens (tertiary/aromatic N) is 1. The molecule has 0 amide bonds. The average Bonchev–Trinajstić information content (AvgIpc) is 2.48. The Kier molecular flexibility index (Phi) is 2.83. The molecule has 62 valence electrons. The summed E-state index contributed by atoms with van der Waals surface area (Å²) in [5.74, 6) is 0.479. The molecule has 3 nitrogen and oxygen atoms in total. The number of carbonyl (C=O) groups is 1. The number of Topliss-reactive ketones (excluding diaryl/α,β-unsaturated/α-hetero) is 1. The number of hydrogen-bond donors (Lipinski definition) is 0. The molecule has 1 rings (SSSR count). The molecule has 0 spiro atoms. The number of ether oxygens (including phenoxy) is 1. The first-order valence-corrected chi connectivity index (χ1v) is 4.22. The van der Waals surface area contributed by atoms with Gasteiger partial charge in [0.25, 0.3) is 0 Å². The first-order chi connectivity index (χ1) is 5.75. The van der Waals surface area contributed by atoms with Crippen LogP contribution in [0.3, 0.4) is 0 Å². The van der Waals surface area contributed by atoms with Gasteiger partial charge in [0.15, 0.2) is 12.4 Å². The Morgan fingerprint density at radius 3 is 3.17 bits per heavy atom. The molecule has 0 aliphatic heterocycles. The maximum Gasteiger partial charge on any atom is 0.174 e. The molecule has 0 saturated heterocycles. The predicted molar refractivity (Wildman–Crippen MR) is 45.4 cm³/mol. The maximum absolute atomic E-state index is 10.9. The minimum Gasteiger partial charge on any atom is -0.477 e. The van der Waals surface area contributed by atoms with Crippen LogP contribution in [0.2, 0.25) is 0 Å². The maximum atomic E-state index is 10.9. The van der Waals surface area contributed by atoms with E-state index in [2.05, 4.69) is 0 Å². The van der Waals surface area contributed by atoms with Gasteiger partial charge in [0.05, 0.1) is 0 Å². The molecule has 0 aromatic carbocycles. The van der Waals surface area contributed by atoms with Crippen LogP contribution in [0.15, 0.2) is 11.4 Å². The second kappa shape index (κ2) is 3.88. The third-order valence-corrected chi connectivity index (χ3v) is 2.24. The van der Waals surface area contributed by atoms with Gasteiger partial charge in [-0.1, -0.05) is 0 Å². The lowest BCUT2D eigenvalue weighted by Crippen LogP contribution is -1.97. The normalized spacial score (nSPS) is 9.00. The van der Waals surface area contributed by atoms with Gasteiger partial charge in [-0.3, -0.25) is 4.79 Å². The fraction of sp³-hybridized carbons (Fsp3) is 0.250. The molecule has 0 aliphatic carbocycles. The summed E-state index contributed by atoms with van der Waals surface area (Å²) < 4.78 is 5.02. The van der Waals surface area contributed by atoms with Gasteiger partial charge in [0.2, 0.25) is 0 Å². The third-order valence-electron chi connectivity index (χ3n) is 1.24. The van der Waals surface area contributed by atoms with Crippen LogP contribution < -0.4 is 4.74 Å². The van der Waals surface area contributed by atoms with Crippen molar-refractivity contribution in [3.8, 4) is 11.8 Å². The number of ketones is 1. The van der Waals surface area contributed by atoms with E-state index in [1.165, 1.54) is 18.3 Å². The number of nitriles is 1. The van der Waals surface area contributed by atoms with Crippen LogP contribution in [0.4, 0.5) is 0 Å². The van der Waals surface area contributed by atoms with Crippen LogP contribution in [0.5, 0.6) is 5.75 Å². The molecule has 0 fully saturated rings. The molecular formula is C8H7NO2S. The average molecular weight is 181 g/mol. The van der Waals surface area contributed by atoms with Gasteiger partial charge in [-0.05, 0) is 11.4 Å². The number of carbonyl (C=O) groups excluding carboxylic acids is 1. The van der Waals surface area contributed by atoms with Crippen LogP contribution in [0.1, 0.15) is 16.6 Å². The molecule has 0 saturated carbocycles. The molecule has 12 heavy (non-hydrogen) atoms. The molecule has 1 heterocycles. The topological polar surface area (TPSA) is 50.1 Å². The molecule has 0 radical (unpaired) electrons. The van der Waals surface area contributed by atoms with Gasteiger partial charge in [-0.25, -0.2) is 0 Å². The van der Waals surface area contributed by atoms with Gasteiger partial charge in [0.1, 0.15) is 16.7 Å². The van der Waals surface area contributed by atoms with Crippen LogP contribution in [0, 0.1) is 11.3 Å². The third kappa shape index (κ3) is 1.83. The molecule has 1 aromatic rings. The highest BCUT2D eigenvalue weighted by atomic mass is 32.1. The molecule has 0 N–H and O–H groups in total. The summed E-state index contributed by atoms with van der Waals surface area (Å²) in [6, 6.07) is 3.54. The SMILES string of the molecule is CC(=O)c1sccc1OCC#N. The Labute approximate surface area is 74.2 Å². The van der Waals surface area contributed by atoms with Crippen molar-refractivity contribution >= 4 is 17.1 Å². The predicted octanol–water partition coefficient (Wildman–Crippen LogP) is 1.85. The van der Waals surface area contributed by atoms with E-state index in [0.717, 1.165) is 0 Å². The lowest BCUT2D eigenvalue weighted by atomic mass is 10.3. The Bertz CT molecular complexity index is 324. The Morgan fingerprint density at radius 1 is 1.83 bits per heavy atom. The minimum atomic E-state index is -0.0297. The highest BCUT2D eigenvalue weighted by Gasteiger charge is 2.08. The van der Waals surface area contributed by atoms with Crippen molar-refractivity contribution in [2.24, 2.45) is 0 Å². The van der Waals surface area contributed by atoms with E-state index >= 15 is 0 Å². The van der Waals surface area contributed by atoms with Gasteiger partial charge in [-0.15, -0.1) is 11.3 Å². The Hall–Kier alpha value is -1.34. The summed E-state index contributed by atoms with van der Waals surface area (Å²) >= 11 is 1.32. The highest BCUT2D eigenvalue weighted by Crippen LogP contribution is 2.24. The summed E-state index contributed by atoms with van der Waals surface area (Å²) in [6.45, 7) is 1.46. The van der Waals surface area contributed by atoms with E-state index in [1.54, 1.807) is 11.4 Å². The van der Waals surface area contributed by atoms with Crippen molar-refractivity contribution in [1.82, 2.24) is 0 Å². The van der Waals surface area contributed by atoms with Crippen molar-refractivity contribution in [2.45, 2.75) is 6.92 Å².